The zero-order chi connectivity index (χ0) is 17.9. The third-order valence-electron chi connectivity index (χ3n) is 3.67. The molecule has 0 aromatic heterocycles. The van der Waals surface area contributed by atoms with Crippen molar-refractivity contribution in [2.75, 3.05) is 13.2 Å². The van der Waals surface area contributed by atoms with Crippen LogP contribution in [0, 0.1) is 17.3 Å². The fraction of sp³-hybridized carbons (Fsp3) is 0.789. The number of rotatable bonds is 11. The van der Waals surface area contributed by atoms with Crippen molar-refractivity contribution in [3.63, 3.8) is 0 Å². The number of esters is 2. The van der Waals surface area contributed by atoms with E-state index >= 15 is 0 Å². The number of carbonyl (C=O) groups excluding carboxylic acids is 2. The summed E-state index contributed by atoms with van der Waals surface area (Å²) >= 11 is 0. The van der Waals surface area contributed by atoms with Gasteiger partial charge in [-0.05, 0) is 51.4 Å². The van der Waals surface area contributed by atoms with Gasteiger partial charge in [0.25, 0.3) is 0 Å². The Kier molecular flexibility index (Phi) is 10.6. The highest BCUT2D eigenvalue weighted by Crippen LogP contribution is 2.23. The van der Waals surface area contributed by atoms with Gasteiger partial charge in [-0.25, -0.2) is 0 Å². The van der Waals surface area contributed by atoms with Crippen molar-refractivity contribution in [1.29, 1.82) is 0 Å². The lowest BCUT2D eigenvalue weighted by atomic mass is 9.90. The number of ether oxygens (including phenoxy) is 2. The van der Waals surface area contributed by atoms with Crippen LogP contribution in [0.2, 0.25) is 0 Å². The predicted molar refractivity (Wildman–Crippen MR) is 93.0 cm³/mol. The van der Waals surface area contributed by atoms with Crippen molar-refractivity contribution in [2.24, 2.45) is 17.3 Å². The summed E-state index contributed by atoms with van der Waals surface area (Å²) in [7, 11) is 0. The van der Waals surface area contributed by atoms with Gasteiger partial charge in [0, 0.05) is 0 Å². The fourth-order valence-corrected chi connectivity index (χ4v) is 2.17. The lowest BCUT2D eigenvalue weighted by Crippen LogP contribution is -2.38. The van der Waals surface area contributed by atoms with Crippen LogP contribution in [-0.4, -0.2) is 25.2 Å². The van der Waals surface area contributed by atoms with E-state index in [1.165, 1.54) is 0 Å². The first-order chi connectivity index (χ1) is 10.7. The van der Waals surface area contributed by atoms with Crippen LogP contribution >= 0.6 is 0 Å². The summed E-state index contributed by atoms with van der Waals surface area (Å²) in [4.78, 5) is 24.6. The third kappa shape index (κ3) is 8.77. The minimum absolute atomic E-state index is 0.338. The molecule has 0 heterocycles. The van der Waals surface area contributed by atoms with E-state index in [0.29, 0.717) is 25.0 Å². The molecular formula is C19H34O4. The zero-order valence-corrected chi connectivity index (χ0v) is 15.7. The highest BCUT2D eigenvalue weighted by molar-refractivity contribution is 6.01. The molecule has 0 aliphatic heterocycles. The quantitative estimate of drug-likeness (QED) is 0.242. The standard InChI is InChI=1S/C19H34O4/c1-7-12-19(6,17(20)22-13-8-10-15(2)3)18(21)23-14-9-11-16(4)5/h7,12,15-16H,8-11,13-14H2,1-6H3. The van der Waals surface area contributed by atoms with Gasteiger partial charge in [0.15, 0.2) is 5.41 Å². The Labute approximate surface area is 141 Å². The van der Waals surface area contributed by atoms with Crippen LogP contribution in [0.1, 0.15) is 67.2 Å². The lowest BCUT2D eigenvalue weighted by Gasteiger charge is -2.22. The molecule has 0 saturated carbocycles. The molecule has 0 unspecified atom stereocenters. The first kappa shape index (κ1) is 21.7. The fourth-order valence-electron chi connectivity index (χ4n) is 2.17. The van der Waals surface area contributed by atoms with E-state index in [0.717, 1.165) is 25.7 Å². The van der Waals surface area contributed by atoms with Gasteiger partial charge in [0.2, 0.25) is 0 Å². The van der Waals surface area contributed by atoms with Crippen LogP contribution in [0.15, 0.2) is 12.2 Å². The van der Waals surface area contributed by atoms with E-state index in [-0.39, 0.29) is 0 Å². The Morgan fingerprint density at radius 1 is 0.913 bits per heavy atom. The summed E-state index contributed by atoms with van der Waals surface area (Å²) in [6.45, 7) is 12.5. The van der Waals surface area contributed by atoms with Gasteiger partial charge in [-0.2, -0.15) is 0 Å². The molecule has 0 aliphatic rings. The summed E-state index contributed by atoms with van der Waals surface area (Å²) in [5, 5.41) is 0. The predicted octanol–water partition coefficient (Wildman–Crippen LogP) is 4.53. The smallest absolute Gasteiger partial charge is 0.327 e. The Morgan fingerprint density at radius 2 is 1.30 bits per heavy atom. The van der Waals surface area contributed by atoms with Gasteiger partial charge in [-0.1, -0.05) is 39.8 Å². The normalized spacial score (nSPS) is 12.2. The molecule has 0 aliphatic carbocycles. The first-order valence-electron chi connectivity index (χ1n) is 8.72. The van der Waals surface area contributed by atoms with Crippen LogP contribution in [0.4, 0.5) is 0 Å². The van der Waals surface area contributed by atoms with Crippen molar-refractivity contribution in [1.82, 2.24) is 0 Å². The molecule has 0 aromatic rings. The average Bonchev–Trinajstić information content (AvgIpc) is 2.47. The lowest BCUT2D eigenvalue weighted by molar-refractivity contribution is -0.167. The second-order valence-corrected chi connectivity index (χ2v) is 7.05. The monoisotopic (exact) mass is 326 g/mol. The van der Waals surface area contributed by atoms with Crippen LogP contribution in [0.3, 0.4) is 0 Å². The van der Waals surface area contributed by atoms with Crippen LogP contribution < -0.4 is 0 Å². The van der Waals surface area contributed by atoms with Gasteiger partial charge in [-0.15, -0.1) is 0 Å². The molecule has 4 heteroatoms. The minimum Gasteiger partial charge on any atom is -0.465 e. The second-order valence-electron chi connectivity index (χ2n) is 7.05. The summed E-state index contributed by atoms with van der Waals surface area (Å²) in [5.41, 5.74) is -1.36. The van der Waals surface area contributed by atoms with E-state index in [4.69, 9.17) is 9.47 Å². The van der Waals surface area contributed by atoms with Crippen molar-refractivity contribution < 1.29 is 19.1 Å². The Hall–Kier alpha value is -1.32. The maximum atomic E-state index is 12.3. The molecule has 0 fully saturated rings. The molecule has 0 aromatic carbocycles. The van der Waals surface area contributed by atoms with E-state index < -0.39 is 17.4 Å². The zero-order valence-electron chi connectivity index (χ0n) is 15.7. The van der Waals surface area contributed by atoms with Crippen LogP contribution in [0.5, 0.6) is 0 Å². The Morgan fingerprint density at radius 3 is 1.61 bits per heavy atom. The molecule has 0 atom stereocenters. The van der Waals surface area contributed by atoms with Gasteiger partial charge >= 0.3 is 11.9 Å². The number of hydrogen-bond acceptors (Lipinski definition) is 4. The van der Waals surface area contributed by atoms with Gasteiger partial charge < -0.3 is 9.47 Å². The molecule has 134 valence electrons. The molecule has 0 amide bonds. The highest BCUT2D eigenvalue weighted by atomic mass is 16.6. The summed E-state index contributed by atoms with van der Waals surface area (Å²) in [6.07, 6.45) is 6.84. The molecule has 0 radical (unpaired) electrons. The Balaban J connectivity index is 4.51. The van der Waals surface area contributed by atoms with Crippen LogP contribution in [-0.2, 0) is 19.1 Å². The average molecular weight is 326 g/mol. The number of hydrogen-bond donors (Lipinski definition) is 0. The van der Waals surface area contributed by atoms with Crippen molar-refractivity contribution in [3.05, 3.63) is 12.2 Å². The Bertz CT molecular complexity index is 355. The van der Waals surface area contributed by atoms with Gasteiger partial charge in [0.1, 0.15) is 0 Å². The highest BCUT2D eigenvalue weighted by Gasteiger charge is 2.41. The summed E-state index contributed by atoms with van der Waals surface area (Å²) in [6, 6.07) is 0. The molecule has 0 rings (SSSR count). The topological polar surface area (TPSA) is 52.6 Å². The number of carbonyl (C=O) groups is 2. The second kappa shape index (κ2) is 11.3. The van der Waals surface area contributed by atoms with Gasteiger partial charge in [0.05, 0.1) is 13.2 Å². The van der Waals surface area contributed by atoms with Crippen LogP contribution in [0.25, 0.3) is 0 Å². The van der Waals surface area contributed by atoms with E-state index in [1.807, 2.05) is 0 Å². The van der Waals surface area contributed by atoms with E-state index in [9.17, 15) is 9.59 Å². The third-order valence-corrected chi connectivity index (χ3v) is 3.67. The molecule has 4 nitrogen and oxygen atoms in total. The van der Waals surface area contributed by atoms with Crippen molar-refractivity contribution in [3.8, 4) is 0 Å². The van der Waals surface area contributed by atoms with Gasteiger partial charge in [-0.3, -0.25) is 9.59 Å². The maximum absolute atomic E-state index is 12.3. The molecule has 0 bridgehead atoms. The SMILES string of the molecule is CC=CC(C)(C(=O)OCCCC(C)C)C(=O)OCCCC(C)C. The maximum Gasteiger partial charge on any atom is 0.327 e. The molecular weight excluding hydrogens is 292 g/mol. The summed E-state index contributed by atoms with van der Waals surface area (Å²) in [5.74, 6) is 0.0736. The minimum atomic E-state index is -1.36. The van der Waals surface area contributed by atoms with Crippen molar-refractivity contribution >= 4 is 11.9 Å². The molecule has 0 saturated heterocycles. The van der Waals surface area contributed by atoms with E-state index in [1.54, 1.807) is 26.0 Å². The summed E-state index contributed by atoms with van der Waals surface area (Å²) < 4.78 is 10.6. The molecule has 0 spiro atoms. The van der Waals surface area contributed by atoms with E-state index in [2.05, 4.69) is 27.7 Å². The molecule has 23 heavy (non-hydrogen) atoms. The first-order valence-corrected chi connectivity index (χ1v) is 8.72. The largest absolute Gasteiger partial charge is 0.465 e. The number of allylic oxidation sites excluding steroid dienone is 1. The van der Waals surface area contributed by atoms with Crippen molar-refractivity contribution in [2.45, 2.75) is 67.2 Å². The molecule has 0 N–H and O–H groups in total.